The van der Waals surface area contributed by atoms with Gasteiger partial charge in [-0.25, -0.2) is 8.42 Å². The van der Waals surface area contributed by atoms with Gasteiger partial charge in [-0.05, 0) is 38.1 Å². The molecule has 0 unspecified atom stereocenters. The maximum Gasteiger partial charge on any atom is 0.255 e. The lowest BCUT2D eigenvalue weighted by atomic mass is 10.2. The van der Waals surface area contributed by atoms with Crippen molar-refractivity contribution < 1.29 is 13.2 Å². The van der Waals surface area contributed by atoms with E-state index in [4.69, 9.17) is 0 Å². The Labute approximate surface area is 142 Å². The Hall–Kier alpha value is -2.18. The van der Waals surface area contributed by atoms with Crippen molar-refractivity contribution >= 4 is 15.9 Å². The first-order valence-electron chi connectivity index (χ1n) is 7.82. The molecule has 2 aromatic rings. The molecule has 24 heavy (non-hydrogen) atoms. The smallest absolute Gasteiger partial charge is 0.255 e. The molecule has 0 aromatic heterocycles. The zero-order valence-corrected chi connectivity index (χ0v) is 14.5. The van der Waals surface area contributed by atoms with Crippen molar-refractivity contribution in [2.45, 2.75) is 24.8 Å². The second kappa shape index (κ2) is 6.37. The van der Waals surface area contributed by atoms with Crippen LogP contribution in [0.5, 0.6) is 0 Å². The molecule has 126 valence electrons. The van der Waals surface area contributed by atoms with Gasteiger partial charge in [0.1, 0.15) is 0 Å². The highest BCUT2D eigenvalue weighted by molar-refractivity contribution is 7.89. The number of nitrogens with zero attached hydrogens (tertiary/aromatic N) is 2. The molecule has 0 radical (unpaired) electrons. The van der Waals surface area contributed by atoms with E-state index in [9.17, 15) is 13.2 Å². The van der Waals surface area contributed by atoms with Gasteiger partial charge < -0.3 is 4.90 Å². The Morgan fingerprint density at radius 1 is 1.04 bits per heavy atom. The minimum atomic E-state index is -3.60. The van der Waals surface area contributed by atoms with Crippen molar-refractivity contribution in [2.75, 3.05) is 13.2 Å². The number of hydrogen-bond acceptors (Lipinski definition) is 3. The van der Waals surface area contributed by atoms with E-state index in [1.54, 1.807) is 53.4 Å². The van der Waals surface area contributed by atoms with Crippen molar-refractivity contribution in [3.8, 4) is 0 Å². The molecular formula is C18H20N2O3S. The molecule has 0 aliphatic carbocycles. The number of aryl methyl sites for hydroxylation is 1. The van der Waals surface area contributed by atoms with E-state index in [1.807, 2.05) is 19.9 Å². The van der Waals surface area contributed by atoms with E-state index in [-0.39, 0.29) is 23.5 Å². The van der Waals surface area contributed by atoms with Gasteiger partial charge >= 0.3 is 0 Å². The Morgan fingerprint density at radius 2 is 1.67 bits per heavy atom. The summed E-state index contributed by atoms with van der Waals surface area (Å²) in [7, 11) is -3.60. The van der Waals surface area contributed by atoms with Crippen LogP contribution in [0.4, 0.5) is 0 Å². The van der Waals surface area contributed by atoms with Crippen molar-refractivity contribution in [1.29, 1.82) is 0 Å². The Kier molecular flexibility index (Phi) is 4.43. The monoisotopic (exact) mass is 344 g/mol. The molecule has 1 saturated heterocycles. The number of sulfonamides is 1. The number of hydrogen-bond donors (Lipinski definition) is 0. The maximum absolute atomic E-state index is 12.8. The molecule has 1 amide bonds. The highest BCUT2D eigenvalue weighted by atomic mass is 32.2. The molecule has 0 saturated carbocycles. The summed E-state index contributed by atoms with van der Waals surface area (Å²) in [5, 5.41) is 0. The predicted octanol–water partition coefficient (Wildman–Crippen LogP) is 2.49. The topological polar surface area (TPSA) is 57.7 Å². The average Bonchev–Trinajstić information content (AvgIpc) is 2.98. The molecule has 0 spiro atoms. The molecule has 0 bridgehead atoms. The van der Waals surface area contributed by atoms with Gasteiger partial charge in [-0.3, -0.25) is 4.79 Å². The van der Waals surface area contributed by atoms with Crippen molar-refractivity contribution in [3.63, 3.8) is 0 Å². The lowest BCUT2D eigenvalue weighted by Gasteiger charge is -2.21. The summed E-state index contributed by atoms with van der Waals surface area (Å²) in [6, 6.07) is 15.5. The third kappa shape index (κ3) is 3.07. The van der Waals surface area contributed by atoms with Gasteiger partial charge in [-0.15, -0.1) is 0 Å². The van der Waals surface area contributed by atoms with Gasteiger partial charge in [0.15, 0.2) is 0 Å². The van der Waals surface area contributed by atoms with Crippen LogP contribution in [0.2, 0.25) is 0 Å². The van der Waals surface area contributed by atoms with E-state index in [0.717, 1.165) is 5.56 Å². The molecule has 3 rings (SSSR count). The van der Waals surface area contributed by atoms with Crippen molar-refractivity contribution in [3.05, 3.63) is 65.7 Å². The summed E-state index contributed by atoms with van der Waals surface area (Å²) in [6.07, 6.45) is 0. The van der Waals surface area contributed by atoms with Gasteiger partial charge in [0.05, 0.1) is 11.6 Å². The molecule has 1 heterocycles. The third-order valence-corrected chi connectivity index (χ3v) is 6.06. The van der Waals surface area contributed by atoms with Crippen LogP contribution in [0, 0.1) is 6.92 Å². The molecule has 1 fully saturated rings. The normalized spacial score (nSPS) is 18.8. The first-order chi connectivity index (χ1) is 11.4. The summed E-state index contributed by atoms with van der Waals surface area (Å²) in [5.74, 6) is -0.148. The summed E-state index contributed by atoms with van der Waals surface area (Å²) >= 11 is 0. The second-order valence-corrected chi connectivity index (χ2v) is 8.02. The summed E-state index contributed by atoms with van der Waals surface area (Å²) < 4.78 is 26.9. The minimum absolute atomic E-state index is 0.0745. The van der Waals surface area contributed by atoms with E-state index in [0.29, 0.717) is 12.1 Å². The van der Waals surface area contributed by atoms with Gasteiger partial charge in [0.25, 0.3) is 5.91 Å². The number of carbonyl (C=O) groups excluding carboxylic acids is 1. The number of carbonyl (C=O) groups is 1. The highest BCUT2D eigenvalue weighted by Crippen LogP contribution is 2.24. The Balaban J connectivity index is 1.83. The fourth-order valence-corrected chi connectivity index (χ4v) is 4.27. The zero-order chi connectivity index (χ0) is 17.3. The molecule has 6 heteroatoms. The van der Waals surface area contributed by atoms with Gasteiger partial charge in [0.2, 0.25) is 10.0 Å². The van der Waals surface area contributed by atoms with Crippen LogP contribution in [0.1, 0.15) is 22.8 Å². The van der Waals surface area contributed by atoms with Gasteiger partial charge in [0, 0.05) is 18.2 Å². The predicted molar refractivity (Wildman–Crippen MR) is 92.0 cm³/mol. The summed E-state index contributed by atoms with van der Waals surface area (Å²) in [4.78, 5) is 14.5. The molecule has 5 nitrogen and oxygen atoms in total. The lowest BCUT2D eigenvalue weighted by Crippen LogP contribution is -2.36. The van der Waals surface area contributed by atoms with Crippen LogP contribution in [0.3, 0.4) is 0 Å². The largest absolute Gasteiger partial charge is 0.321 e. The van der Waals surface area contributed by atoms with Crippen LogP contribution in [-0.2, 0) is 10.0 Å². The molecule has 1 aliphatic heterocycles. The highest BCUT2D eigenvalue weighted by Gasteiger charge is 2.38. The molecule has 2 aromatic carbocycles. The fourth-order valence-electron chi connectivity index (χ4n) is 2.80. The second-order valence-electron chi connectivity index (χ2n) is 6.08. The number of rotatable bonds is 3. The van der Waals surface area contributed by atoms with Crippen LogP contribution in [0.25, 0.3) is 0 Å². The first kappa shape index (κ1) is 16.7. The fraction of sp³-hybridized carbons (Fsp3) is 0.278. The molecule has 1 atom stereocenters. The Bertz CT molecular complexity index is 832. The quantitative estimate of drug-likeness (QED) is 0.859. The molecular weight excluding hydrogens is 324 g/mol. The number of benzene rings is 2. The van der Waals surface area contributed by atoms with Crippen LogP contribution in [-0.4, -0.2) is 42.8 Å². The van der Waals surface area contributed by atoms with Crippen LogP contribution >= 0.6 is 0 Å². The molecule has 0 N–H and O–H groups in total. The van der Waals surface area contributed by atoms with Crippen molar-refractivity contribution in [1.82, 2.24) is 9.21 Å². The summed E-state index contributed by atoms with van der Waals surface area (Å²) in [6.45, 7) is 4.15. The Morgan fingerprint density at radius 3 is 2.29 bits per heavy atom. The minimum Gasteiger partial charge on any atom is -0.321 e. The van der Waals surface area contributed by atoms with Gasteiger partial charge in [-0.2, -0.15) is 4.31 Å². The van der Waals surface area contributed by atoms with E-state index >= 15 is 0 Å². The molecule has 1 aliphatic rings. The maximum atomic E-state index is 12.8. The average molecular weight is 344 g/mol. The van der Waals surface area contributed by atoms with E-state index in [1.165, 1.54) is 4.31 Å². The van der Waals surface area contributed by atoms with Gasteiger partial charge in [-0.1, -0.05) is 35.9 Å². The van der Waals surface area contributed by atoms with Crippen LogP contribution in [0.15, 0.2) is 59.5 Å². The van der Waals surface area contributed by atoms with Crippen molar-refractivity contribution in [2.24, 2.45) is 0 Å². The summed E-state index contributed by atoms with van der Waals surface area (Å²) in [5.41, 5.74) is 1.57. The van der Waals surface area contributed by atoms with E-state index < -0.39 is 10.0 Å². The SMILES string of the molecule is Cc1ccc(S(=O)(=O)N2C[C@@H](C)N(C(=O)c3ccccc3)C2)cc1. The first-order valence-corrected chi connectivity index (χ1v) is 9.26. The third-order valence-electron chi connectivity index (χ3n) is 4.25. The van der Waals surface area contributed by atoms with E-state index in [2.05, 4.69) is 0 Å². The zero-order valence-electron chi connectivity index (χ0n) is 13.7. The standard InChI is InChI=1S/C18H20N2O3S/c1-14-8-10-17(11-9-14)24(22,23)19-12-15(2)20(13-19)18(21)16-6-4-3-5-7-16/h3-11,15H,12-13H2,1-2H3/t15-/m1/s1. The number of amides is 1. The lowest BCUT2D eigenvalue weighted by molar-refractivity contribution is 0.0740. The van der Waals surface area contributed by atoms with Crippen LogP contribution < -0.4 is 0 Å².